The van der Waals surface area contributed by atoms with Gasteiger partial charge in [-0.3, -0.25) is 4.79 Å². The summed E-state index contributed by atoms with van der Waals surface area (Å²) < 4.78 is 23.9. The van der Waals surface area contributed by atoms with Crippen molar-refractivity contribution in [3.8, 4) is 0 Å². The van der Waals surface area contributed by atoms with E-state index in [0.717, 1.165) is 6.42 Å². The molecule has 0 N–H and O–H groups in total. The largest absolute Gasteiger partial charge is 0.338 e. The molecule has 0 radical (unpaired) electrons. The second-order valence-electron chi connectivity index (χ2n) is 7.41. The topological polar surface area (TPSA) is 54.5 Å². The van der Waals surface area contributed by atoms with Gasteiger partial charge in [-0.1, -0.05) is 35.4 Å². The molecule has 3 rings (SSSR count). The Balaban J connectivity index is 1.82. The first-order valence-electron chi connectivity index (χ1n) is 8.83. The molecule has 1 heterocycles. The Kier molecular flexibility index (Phi) is 4.93. The van der Waals surface area contributed by atoms with E-state index in [2.05, 4.69) is 32.0 Å². The highest BCUT2D eigenvalue weighted by Crippen LogP contribution is 2.30. The van der Waals surface area contributed by atoms with Crippen LogP contribution in [0.4, 0.5) is 0 Å². The number of hydrogen-bond donors (Lipinski definition) is 0. The first kappa shape index (κ1) is 18.6. The number of aryl methyl sites for hydroxylation is 3. The number of hydrogen-bond acceptors (Lipinski definition) is 3. The van der Waals surface area contributed by atoms with Crippen LogP contribution < -0.4 is 0 Å². The van der Waals surface area contributed by atoms with Gasteiger partial charge in [0.2, 0.25) is 0 Å². The Morgan fingerprint density at radius 2 is 1.69 bits per heavy atom. The van der Waals surface area contributed by atoms with Gasteiger partial charge in [0.05, 0.1) is 4.90 Å². The molecule has 1 fully saturated rings. The Morgan fingerprint density at radius 3 is 2.31 bits per heavy atom. The third kappa shape index (κ3) is 3.83. The fourth-order valence-electron chi connectivity index (χ4n) is 3.78. The van der Waals surface area contributed by atoms with Crippen molar-refractivity contribution in [2.45, 2.75) is 38.0 Å². The predicted octanol–water partition coefficient (Wildman–Crippen LogP) is 3.65. The maximum Gasteiger partial charge on any atom is 0.253 e. The van der Waals surface area contributed by atoms with Crippen LogP contribution in [0.25, 0.3) is 0 Å². The molecular weight excluding hydrogens is 346 g/mol. The van der Waals surface area contributed by atoms with E-state index in [-0.39, 0.29) is 10.8 Å². The Labute approximate surface area is 155 Å². The highest BCUT2D eigenvalue weighted by atomic mass is 32.2. The van der Waals surface area contributed by atoms with Gasteiger partial charge >= 0.3 is 0 Å². The van der Waals surface area contributed by atoms with E-state index >= 15 is 0 Å². The SMILES string of the molecule is Cc1cc(C)cc(C2CCN(C(=O)c3ccc(C)c(S(C)(=O)=O)c3)C2)c1. The van der Waals surface area contributed by atoms with Crippen LogP contribution >= 0.6 is 0 Å². The van der Waals surface area contributed by atoms with Gasteiger partial charge in [-0.05, 0) is 50.5 Å². The van der Waals surface area contributed by atoms with Gasteiger partial charge in [0.1, 0.15) is 0 Å². The summed E-state index contributed by atoms with van der Waals surface area (Å²) in [5.74, 6) is 0.235. The Morgan fingerprint density at radius 1 is 1.04 bits per heavy atom. The molecule has 2 aromatic rings. The van der Waals surface area contributed by atoms with Crippen molar-refractivity contribution in [3.05, 3.63) is 64.2 Å². The highest BCUT2D eigenvalue weighted by molar-refractivity contribution is 7.90. The number of carbonyl (C=O) groups is 1. The molecule has 1 aliphatic heterocycles. The zero-order valence-corrected chi connectivity index (χ0v) is 16.6. The molecule has 1 aliphatic rings. The molecule has 0 spiro atoms. The van der Waals surface area contributed by atoms with Crippen molar-refractivity contribution in [2.75, 3.05) is 19.3 Å². The standard InChI is InChI=1S/C21H25NO3S/c1-14-9-15(2)11-19(10-14)18-7-8-22(13-18)21(23)17-6-5-16(3)20(12-17)26(4,24)25/h5-6,9-12,18H,7-8,13H2,1-4H3. The summed E-state index contributed by atoms with van der Waals surface area (Å²) in [6.07, 6.45) is 2.11. The highest BCUT2D eigenvalue weighted by Gasteiger charge is 2.28. The summed E-state index contributed by atoms with van der Waals surface area (Å²) >= 11 is 0. The van der Waals surface area contributed by atoms with Gasteiger partial charge in [0.15, 0.2) is 9.84 Å². The smallest absolute Gasteiger partial charge is 0.253 e. The molecule has 26 heavy (non-hydrogen) atoms. The van der Waals surface area contributed by atoms with Gasteiger partial charge < -0.3 is 4.90 Å². The van der Waals surface area contributed by atoms with E-state index in [0.29, 0.717) is 30.1 Å². The van der Waals surface area contributed by atoms with Gasteiger partial charge in [-0.15, -0.1) is 0 Å². The van der Waals surface area contributed by atoms with Crippen molar-refractivity contribution < 1.29 is 13.2 Å². The molecule has 0 aliphatic carbocycles. The lowest BCUT2D eigenvalue weighted by atomic mass is 9.95. The van der Waals surface area contributed by atoms with Crippen molar-refractivity contribution >= 4 is 15.7 Å². The number of rotatable bonds is 3. The Bertz CT molecular complexity index is 943. The van der Waals surface area contributed by atoms with Crippen molar-refractivity contribution in [3.63, 3.8) is 0 Å². The fourth-order valence-corrected chi connectivity index (χ4v) is 4.77. The normalized spacial score (nSPS) is 17.5. The average molecular weight is 372 g/mol. The van der Waals surface area contributed by atoms with E-state index in [1.54, 1.807) is 19.1 Å². The molecule has 1 unspecified atom stereocenters. The second-order valence-corrected chi connectivity index (χ2v) is 9.39. The summed E-state index contributed by atoms with van der Waals surface area (Å²) in [4.78, 5) is 14.9. The number of amides is 1. The van der Waals surface area contributed by atoms with Crippen LogP contribution in [-0.2, 0) is 9.84 Å². The molecule has 0 saturated carbocycles. The van der Waals surface area contributed by atoms with Crippen LogP contribution in [-0.4, -0.2) is 38.6 Å². The lowest BCUT2D eigenvalue weighted by molar-refractivity contribution is 0.0790. The molecule has 0 aromatic heterocycles. The molecule has 1 amide bonds. The van der Waals surface area contributed by atoms with Crippen molar-refractivity contribution in [1.29, 1.82) is 0 Å². The molecule has 5 heteroatoms. The summed E-state index contributed by atoms with van der Waals surface area (Å²) in [5.41, 5.74) is 4.86. The van der Waals surface area contributed by atoms with Crippen LogP contribution in [0.3, 0.4) is 0 Å². The first-order chi connectivity index (χ1) is 12.1. The second kappa shape index (κ2) is 6.88. The molecule has 1 atom stereocenters. The number of likely N-dealkylation sites (tertiary alicyclic amines) is 1. The number of benzene rings is 2. The molecule has 4 nitrogen and oxygen atoms in total. The van der Waals surface area contributed by atoms with Crippen LogP contribution in [0.1, 0.15) is 45.0 Å². The molecule has 138 valence electrons. The zero-order chi connectivity index (χ0) is 19.1. The minimum atomic E-state index is -3.35. The van der Waals surface area contributed by atoms with Gasteiger partial charge in [0.25, 0.3) is 5.91 Å². The Hall–Kier alpha value is -2.14. The van der Waals surface area contributed by atoms with Crippen molar-refractivity contribution in [2.24, 2.45) is 0 Å². The zero-order valence-electron chi connectivity index (χ0n) is 15.7. The van der Waals surface area contributed by atoms with E-state index in [4.69, 9.17) is 0 Å². The quantitative estimate of drug-likeness (QED) is 0.828. The minimum Gasteiger partial charge on any atom is -0.338 e. The first-order valence-corrected chi connectivity index (χ1v) is 10.7. The van der Waals surface area contributed by atoms with Crippen LogP contribution in [0.15, 0.2) is 41.3 Å². The lowest BCUT2D eigenvalue weighted by Crippen LogP contribution is -2.28. The maximum absolute atomic E-state index is 12.9. The predicted molar refractivity (Wildman–Crippen MR) is 103 cm³/mol. The molecule has 0 bridgehead atoms. The van der Waals surface area contributed by atoms with Gasteiger partial charge in [-0.25, -0.2) is 8.42 Å². The van der Waals surface area contributed by atoms with Crippen LogP contribution in [0.5, 0.6) is 0 Å². The van der Waals surface area contributed by atoms with E-state index < -0.39 is 9.84 Å². The van der Waals surface area contributed by atoms with E-state index in [1.165, 1.54) is 29.0 Å². The minimum absolute atomic E-state index is 0.0956. The van der Waals surface area contributed by atoms with E-state index in [9.17, 15) is 13.2 Å². The maximum atomic E-state index is 12.9. The summed E-state index contributed by atoms with van der Waals surface area (Å²) in [5, 5.41) is 0. The van der Waals surface area contributed by atoms with Crippen LogP contribution in [0.2, 0.25) is 0 Å². The van der Waals surface area contributed by atoms with Crippen molar-refractivity contribution in [1.82, 2.24) is 4.90 Å². The summed E-state index contributed by atoms with van der Waals surface area (Å²) in [6, 6.07) is 11.5. The molecule has 1 saturated heterocycles. The van der Waals surface area contributed by atoms with Gasteiger partial charge in [-0.2, -0.15) is 0 Å². The third-order valence-electron chi connectivity index (χ3n) is 5.03. The average Bonchev–Trinajstić information content (AvgIpc) is 3.02. The van der Waals surface area contributed by atoms with E-state index in [1.807, 2.05) is 4.90 Å². The lowest BCUT2D eigenvalue weighted by Gasteiger charge is -2.18. The fraction of sp³-hybridized carbons (Fsp3) is 0.381. The number of nitrogens with zero attached hydrogens (tertiary/aromatic N) is 1. The number of sulfone groups is 1. The van der Waals surface area contributed by atoms with Gasteiger partial charge in [0, 0.05) is 30.8 Å². The molecular formula is C21H25NO3S. The number of carbonyl (C=O) groups excluding carboxylic acids is 1. The third-order valence-corrected chi connectivity index (χ3v) is 6.26. The monoisotopic (exact) mass is 371 g/mol. The summed E-state index contributed by atoms with van der Waals surface area (Å²) in [6.45, 7) is 7.29. The van der Waals surface area contributed by atoms with Crippen LogP contribution in [0, 0.1) is 20.8 Å². The molecule has 2 aromatic carbocycles. The summed E-state index contributed by atoms with van der Waals surface area (Å²) in [7, 11) is -3.35.